The van der Waals surface area contributed by atoms with E-state index in [2.05, 4.69) is 10.3 Å². The van der Waals surface area contributed by atoms with Gasteiger partial charge in [-0.05, 0) is 12.1 Å². The normalized spacial score (nSPS) is 12.9. The SMILES string of the molecule is CC(C)(C)C(=O)NC(C=C(N)C(=O)O)=Nc1ccccc1. The molecule has 0 spiro atoms. The molecule has 0 fully saturated rings. The van der Waals surface area contributed by atoms with Gasteiger partial charge in [-0.25, -0.2) is 9.79 Å². The van der Waals surface area contributed by atoms with E-state index in [4.69, 9.17) is 10.8 Å². The number of nitrogens with two attached hydrogens (primary N) is 1. The summed E-state index contributed by atoms with van der Waals surface area (Å²) in [5.41, 5.74) is 4.93. The van der Waals surface area contributed by atoms with Crippen LogP contribution in [0.5, 0.6) is 0 Å². The zero-order valence-corrected chi connectivity index (χ0v) is 12.3. The van der Waals surface area contributed by atoms with Crippen molar-refractivity contribution in [1.82, 2.24) is 5.32 Å². The minimum absolute atomic E-state index is 0.0843. The van der Waals surface area contributed by atoms with E-state index in [1.807, 2.05) is 6.07 Å². The molecule has 0 saturated carbocycles. The first-order valence-corrected chi connectivity index (χ1v) is 6.36. The Kier molecular flexibility index (Phi) is 5.24. The molecule has 0 saturated heterocycles. The Bertz CT molecular complexity index is 584. The number of aliphatic carboxylic acids is 1. The lowest BCUT2D eigenvalue weighted by atomic mass is 9.96. The van der Waals surface area contributed by atoms with Crippen molar-refractivity contribution >= 4 is 23.4 Å². The number of carbonyl (C=O) groups is 2. The highest BCUT2D eigenvalue weighted by atomic mass is 16.4. The summed E-state index contributed by atoms with van der Waals surface area (Å²) in [5.74, 6) is -1.48. The van der Waals surface area contributed by atoms with Gasteiger partial charge >= 0.3 is 5.97 Å². The van der Waals surface area contributed by atoms with Crippen LogP contribution in [-0.4, -0.2) is 22.8 Å². The van der Waals surface area contributed by atoms with Gasteiger partial charge < -0.3 is 16.2 Å². The maximum absolute atomic E-state index is 12.0. The first kappa shape index (κ1) is 16.4. The highest BCUT2D eigenvalue weighted by Gasteiger charge is 2.22. The highest BCUT2D eigenvalue weighted by Crippen LogP contribution is 2.14. The van der Waals surface area contributed by atoms with Gasteiger partial charge in [0.2, 0.25) is 5.91 Å². The number of amidine groups is 1. The summed E-state index contributed by atoms with van der Waals surface area (Å²) < 4.78 is 0. The van der Waals surface area contributed by atoms with Crippen LogP contribution in [0.3, 0.4) is 0 Å². The van der Waals surface area contributed by atoms with Crippen LogP contribution >= 0.6 is 0 Å². The molecule has 1 amide bonds. The molecule has 6 nitrogen and oxygen atoms in total. The Morgan fingerprint density at radius 2 is 1.81 bits per heavy atom. The molecule has 0 aliphatic heterocycles. The number of nitrogens with one attached hydrogen (secondary N) is 1. The van der Waals surface area contributed by atoms with Crippen LogP contribution < -0.4 is 11.1 Å². The maximum Gasteiger partial charge on any atom is 0.351 e. The van der Waals surface area contributed by atoms with Gasteiger partial charge in [0.1, 0.15) is 11.5 Å². The van der Waals surface area contributed by atoms with Gasteiger partial charge in [-0.1, -0.05) is 39.0 Å². The number of carboxylic acids is 1. The second kappa shape index (κ2) is 6.69. The summed E-state index contributed by atoms with van der Waals surface area (Å²) in [7, 11) is 0. The van der Waals surface area contributed by atoms with E-state index in [0.29, 0.717) is 5.69 Å². The molecular weight excluding hydrogens is 270 g/mol. The largest absolute Gasteiger partial charge is 0.477 e. The zero-order chi connectivity index (χ0) is 16.0. The van der Waals surface area contributed by atoms with E-state index in [-0.39, 0.29) is 11.7 Å². The van der Waals surface area contributed by atoms with Gasteiger partial charge in [-0.2, -0.15) is 0 Å². The second-order valence-electron chi connectivity index (χ2n) is 5.44. The number of hydrogen-bond acceptors (Lipinski definition) is 4. The number of para-hydroxylation sites is 1. The van der Waals surface area contributed by atoms with Crippen LogP contribution in [0, 0.1) is 5.41 Å². The van der Waals surface area contributed by atoms with Crippen LogP contribution in [0.15, 0.2) is 47.1 Å². The smallest absolute Gasteiger partial charge is 0.351 e. The van der Waals surface area contributed by atoms with Gasteiger partial charge in [-0.15, -0.1) is 0 Å². The van der Waals surface area contributed by atoms with Crippen LogP contribution in [0.25, 0.3) is 0 Å². The van der Waals surface area contributed by atoms with Crippen molar-refractivity contribution < 1.29 is 14.7 Å². The summed E-state index contributed by atoms with van der Waals surface area (Å²) in [4.78, 5) is 27.0. The monoisotopic (exact) mass is 289 g/mol. The van der Waals surface area contributed by atoms with E-state index < -0.39 is 17.1 Å². The minimum Gasteiger partial charge on any atom is -0.477 e. The number of amides is 1. The molecule has 0 heterocycles. The van der Waals surface area contributed by atoms with Crippen LogP contribution in [0.2, 0.25) is 0 Å². The molecule has 112 valence electrons. The molecule has 0 aromatic heterocycles. The predicted molar refractivity (Wildman–Crippen MR) is 81.0 cm³/mol. The topological polar surface area (TPSA) is 105 Å². The van der Waals surface area contributed by atoms with Gasteiger partial charge in [0.25, 0.3) is 0 Å². The summed E-state index contributed by atoms with van der Waals surface area (Å²) in [5, 5.41) is 11.4. The van der Waals surface area contributed by atoms with E-state index in [9.17, 15) is 9.59 Å². The van der Waals surface area contributed by atoms with E-state index in [1.165, 1.54) is 0 Å². The third-order valence-corrected chi connectivity index (χ3v) is 2.47. The van der Waals surface area contributed by atoms with Gasteiger partial charge in [0.15, 0.2) is 0 Å². The highest BCUT2D eigenvalue weighted by molar-refractivity contribution is 6.09. The Labute approximate surface area is 123 Å². The summed E-state index contributed by atoms with van der Waals surface area (Å²) in [6, 6.07) is 8.86. The van der Waals surface area contributed by atoms with Crippen LogP contribution in [-0.2, 0) is 9.59 Å². The number of benzene rings is 1. The zero-order valence-electron chi connectivity index (χ0n) is 12.3. The Hall–Kier alpha value is -2.63. The molecule has 1 aromatic rings. The molecule has 6 heteroatoms. The summed E-state index contributed by atoms with van der Waals surface area (Å²) in [6.45, 7) is 5.23. The van der Waals surface area contributed by atoms with Crippen molar-refractivity contribution in [3.8, 4) is 0 Å². The van der Waals surface area contributed by atoms with Crippen LogP contribution in [0.1, 0.15) is 20.8 Å². The number of carboxylic acid groups (broad SMARTS) is 1. The van der Waals surface area contributed by atoms with E-state index >= 15 is 0 Å². The van der Waals surface area contributed by atoms with Crippen molar-refractivity contribution in [2.45, 2.75) is 20.8 Å². The van der Waals surface area contributed by atoms with Crippen molar-refractivity contribution in [3.05, 3.63) is 42.1 Å². The average molecular weight is 289 g/mol. The van der Waals surface area contributed by atoms with Crippen molar-refractivity contribution in [2.24, 2.45) is 16.1 Å². The van der Waals surface area contributed by atoms with Gasteiger partial charge in [0.05, 0.1) is 5.69 Å². The first-order valence-electron chi connectivity index (χ1n) is 6.36. The standard InChI is InChI=1S/C15H19N3O3/c1-15(2,3)14(21)18-12(9-11(16)13(19)20)17-10-7-5-4-6-8-10/h4-9H,16H2,1-3H3,(H,19,20)(H,17,18,21). The van der Waals surface area contributed by atoms with Crippen molar-refractivity contribution in [1.29, 1.82) is 0 Å². The number of carbonyl (C=O) groups excluding carboxylic acids is 1. The molecule has 0 atom stereocenters. The van der Waals surface area contributed by atoms with Crippen molar-refractivity contribution in [2.75, 3.05) is 0 Å². The molecule has 0 aliphatic rings. The van der Waals surface area contributed by atoms with Gasteiger partial charge in [-0.3, -0.25) is 4.79 Å². The van der Waals surface area contributed by atoms with Gasteiger partial charge in [0, 0.05) is 11.5 Å². The number of hydrogen-bond donors (Lipinski definition) is 3. The second-order valence-corrected chi connectivity index (χ2v) is 5.44. The van der Waals surface area contributed by atoms with Crippen LogP contribution in [0.4, 0.5) is 5.69 Å². The molecule has 1 aromatic carbocycles. The fourth-order valence-electron chi connectivity index (χ4n) is 1.25. The quantitative estimate of drug-likeness (QED) is 0.448. The molecule has 4 N–H and O–H groups in total. The third kappa shape index (κ3) is 5.48. The fourth-order valence-corrected chi connectivity index (χ4v) is 1.25. The predicted octanol–water partition coefficient (Wildman–Crippen LogP) is 1.81. The Morgan fingerprint density at radius 3 is 2.29 bits per heavy atom. The first-order chi connectivity index (χ1) is 9.70. The molecular formula is C15H19N3O3. The molecule has 21 heavy (non-hydrogen) atoms. The summed E-state index contributed by atoms with van der Waals surface area (Å²) in [6.07, 6.45) is 1.12. The molecule has 1 rings (SSSR count). The fraction of sp³-hybridized carbons (Fsp3) is 0.267. The summed E-state index contributed by atoms with van der Waals surface area (Å²) >= 11 is 0. The lowest BCUT2D eigenvalue weighted by Crippen LogP contribution is -2.38. The third-order valence-electron chi connectivity index (χ3n) is 2.47. The lowest BCUT2D eigenvalue weighted by Gasteiger charge is -2.17. The molecule has 0 bridgehead atoms. The number of nitrogens with zero attached hydrogens (tertiary/aromatic N) is 1. The molecule has 0 radical (unpaired) electrons. The Morgan fingerprint density at radius 1 is 1.24 bits per heavy atom. The Balaban J connectivity index is 3.13. The molecule has 0 unspecified atom stereocenters. The lowest BCUT2D eigenvalue weighted by molar-refractivity contribution is -0.132. The minimum atomic E-state index is -1.28. The average Bonchev–Trinajstić information content (AvgIpc) is 2.38. The molecule has 0 aliphatic carbocycles. The van der Waals surface area contributed by atoms with E-state index in [0.717, 1.165) is 6.08 Å². The van der Waals surface area contributed by atoms with Crippen molar-refractivity contribution in [3.63, 3.8) is 0 Å². The maximum atomic E-state index is 12.0. The number of rotatable bonds is 3. The number of aliphatic imine (C=N–C) groups is 1. The van der Waals surface area contributed by atoms with E-state index in [1.54, 1.807) is 45.0 Å².